The number of carbonyl (C=O) groups excluding carboxylic acids is 1. The highest BCUT2D eigenvalue weighted by Crippen LogP contribution is 2.21. The summed E-state index contributed by atoms with van der Waals surface area (Å²) in [5.41, 5.74) is 0.535. The first-order valence-corrected chi connectivity index (χ1v) is 9.43. The minimum Gasteiger partial charge on any atom is -0.355 e. The maximum atomic E-state index is 13.1. The van der Waals surface area contributed by atoms with Gasteiger partial charge in [0.2, 0.25) is 15.9 Å². The van der Waals surface area contributed by atoms with Gasteiger partial charge in [0, 0.05) is 25.2 Å². The van der Waals surface area contributed by atoms with E-state index in [1.165, 1.54) is 37.3 Å². The number of amides is 1. The smallest absolute Gasteiger partial charge is 0.270 e. The fourth-order valence-corrected chi connectivity index (χ4v) is 3.65. The van der Waals surface area contributed by atoms with E-state index in [2.05, 4.69) is 10.0 Å². The largest absolute Gasteiger partial charge is 0.355 e. The Hall–Kier alpha value is -2.85. The molecule has 2 aromatic rings. The number of sulfonamides is 1. The fourth-order valence-electron chi connectivity index (χ4n) is 2.35. The first-order valence-electron chi connectivity index (χ1n) is 7.95. The van der Waals surface area contributed by atoms with Gasteiger partial charge in [-0.15, -0.1) is 0 Å². The quantitative estimate of drug-likeness (QED) is 0.400. The minimum absolute atomic E-state index is 0.0152. The Morgan fingerprint density at radius 2 is 1.93 bits per heavy atom. The molecule has 0 heterocycles. The average Bonchev–Trinajstić information content (AvgIpc) is 2.59. The van der Waals surface area contributed by atoms with Gasteiger partial charge in [0.05, 0.1) is 16.2 Å². The Morgan fingerprint density at radius 3 is 2.59 bits per heavy atom. The van der Waals surface area contributed by atoms with E-state index >= 15 is 0 Å². The summed E-state index contributed by atoms with van der Waals surface area (Å²) in [6.07, 6.45) is -0.0332. The van der Waals surface area contributed by atoms with Gasteiger partial charge in [-0.05, 0) is 30.2 Å². The molecule has 0 spiro atoms. The molecule has 0 aromatic heterocycles. The van der Waals surface area contributed by atoms with Gasteiger partial charge in [-0.25, -0.2) is 17.5 Å². The Kier molecular flexibility index (Phi) is 6.59. The maximum Gasteiger partial charge on any atom is 0.270 e. The molecular formula is C17H18FN3O5S. The molecule has 0 aliphatic heterocycles. The lowest BCUT2D eigenvalue weighted by Gasteiger charge is -2.10. The molecule has 0 radical (unpaired) electrons. The summed E-state index contributed by atoms with van der Waals surface area (Å²) < 4.78 is 40.0. The summed E-state index contributed by atoms with van der Waals surface area (Å²) in [4.78, 5) is 21.8. The summed E-state index contributed by atoms with van der Waals surface area (Å²) >= 11 is 0. The second kappa shape index (κ2) is 8.69. The van der Waals surface area contributed by atoms with Crippen molar-refractivity contribution < 1.29 is 22.5 Å². The van der Waals surface area contributed by atoms with Crippen LogP contribution in [0.3, 0.4) is 0 Å². The number of nitrogens with one attached hydrogen (secondary N) is 2. The van der Waals surface area contributed by atoms with Crippen molar-refractivity contribution in [2.24, 2.45) is 0 Å². The predicted molar refractivity (Wildman–Crippen MR) is 96.1 cm³/mol. The van der Waals surface area contributed by atoms with Crippen LogP contribution < -0.4 is 10.0 Å². The van der Waals surface area contributed by atoms with Crippen molar-refractivity contribution in [1.29, 1.82) is 0 Å². The number of aryl methyl sites for hydroxylation is 1. The number of nitro groups is 1. The zero-order valence-electron chi connectivity index (χ0n) is 14.4. The summed E-state index contributed by atoms with van der Waals surface area (Å²) in [5.74, 6) is -0.827. The molecule has 144 valence electrons. The molecule has 2 rings (SSSR count). The third-order valence-corrected chi connectivity index (χ3v) is 5.27. The summed E-state index contributed by atoms with van der Waals surface area (Å²) in [5, 5.41) is 13.3. The molecule has 0 saturated carbocycles. The van der Waals surface area contributed by atoms with Crippen LogP contribution in [0.2, 0.25) is 0 Å². The normalized spacial score (nSPS) is 11.2. The highest BCUT2D eigenvalue weighted by atomic mass is 32.2. The number of carbonyl (C=O) groups is 1. The molecule has 0 saturated heterocycles. The summed E-state index contributed by atoms with van der Waals surface area (Å²) in [6, 6.07) is 9.18. The number of rotatable bonds is 8. The van der Waals surface area contributed by atoms with Gasteiger partial charge in [0.25, 0.3) is 5.69 Å². The Bertz CT molecular complexity index is 963. The van der Waals surface area contributed by atoms with E-state index in [4.69, 9.17) is 0 Å². The van der Waals surface area contributed by atoms with Crippen molar-refractivity contribution in [2.45, 2.75) is 18.2 Å². The Balaban J connectivity index is 1.90. The maximum absolute atomic E-state index is 13.1. The van der Waals surface area contributed by atoms with E-state index in [1.54, 1.807) is 6.07 Å². The fraction of sp³-hybridized carbons (Fsp3) is 0.235. The second-order valence-electron chi connectivity index (χ2n) is 5.76. The number of hydrogen-bond acceptors (Lipinski definition) is 5. The van der Waals surface area contributed by atoms with E-state index in [0.29, 0.717) is 11.1 Å². The van der Waals surface area contributed by atoms with Crippen LogP contribution in [0, 0.1) is 22.9 Å². The first-order chi connectivity index (χ1) is 12.7. The lowest BCUT2D eigenvalue weighted by molar-refractivity contribution is -0.385. The molecule has 0 unspecified atom stereocenters. The molecule has 1 amide bonds. The van der Waals surface area contributed by atoms with Gasteiger partial charge in [-0.1, -0.05) is 18.2 Å². The van der Waals surface area contributed by atoms with Crippen molar-refractivity contribution in [3.8, 4) is 0 Å². The zero-order valence-corrected chi connectivity index (χ0v) is 15.3. The third-order valence-electron chi connectivity index (χ3n) is 3.67. The van der Waals surface area contributed by atoms with Gasteiger partial charge in [0.15, 0.2) is 0 Å². The standard InChI is InChI=1S/C17H18FN3O5S/c1-12-5-6-15(21(23)24)11-16(12)27(25,26)20-8-7-19-17(22)10-13-3-2-4-14(18)9-13/h2-6,9,11,20H,7-8,10H2,1H3,(H,19,22). The van der Waals surface area contributed by atoms with Crippen molar-refractivity contribution in [3.05, 3.63) is 69.5 Å². The molecule has 0 aliphatic rings. The topological polar surface area (TPSA) is 118 Å². The van der Waals surface area contributed by atoms with Gasteiger partial charge in [0.1, 0.15) is 5.82 Å². The number of nitrogens with zero attached hydrogens (tertiary/aromatic N) is 1. The molecule has 8 nitrogen and oxygen atoms in total. The average molecular weight is 395 g/mol. The van der Waals surface area contributed by atoms with Crippen molar-refractivity contribution >= 4 is 21.6 Å². The van der Waals surface area contributed by atoms with Crippen LogP contribution in [-0.4, -0.2) is 32.3 Å². The molecule has 0 bridgehead atoms. The number of nitro benzene ring substituents is 1. The van der Waals surface area contributed by atoms with Gasteiger partial charge < -0.3 is 5.32 Å². The molecule has 0 aliphatic carbocycles. The molecular weight excluding hydrogens is 377 g/mol. The van der Waals surface area contributed by atoms with E-state index in [9.17, 15) is 27.7 Å². The van der Waals surface area contributed by atoms with Crippen LogP contribution in [0.4, 0.5) is 10.1 Å². The Labute approximate surface area is 155 Å². The van der Waals surface area contributed by atoms with Gasteiger partial charge >= 0.3 is 0 Å². The SMILES string of the molecule is Cc1ccc([N+](=O)[O-])cc1S(=O)(=O)NCCNC(=O)Cc1cccc(F)c1. The van der Waals surface area contributed by atoms with Crippen molar-refractivity contribution in [2.75, 3.05) is 13.1 Å². The van der Waals surface area contributed by atoms with Crippen LogP contribution in [0.25, 0.3) is 0 Å². The summed E-state index contributed by atoms with van der Waals surface area (Å²) in [7, 11) is -3.96. The molecule has 2 aromatic carbocycles. The van der Waals surface area contributed by atoms with E-state index < -0.39 is 20.8 Å². The third kappa shape index (κ3) is 5.83. The van der Waals surface area contributed by atoms with E-state index in [0.717, 1.165) is 6.07 Å². The van der Waals surface area contributed by atoms with Crippen molar-refractivity contribution in [1.82, 2.24) is 10.0 Å². The number of hydrogen-bond donors (Lipinski definition) is 2. The number of non-ortho nitro benzene ring substituents is 1. The van der Waals surface area contributed by atoms with Crippen LogP contribution >= 0.6 is 0 Å². The van der Waals surface area contributed by atoms with Crippen LogP contribution in [-0.2, 0) is 21.2 Å². The van der Waals surface area contributed by atoms with Crippen LogP contribution in [0.15, 0.2) is 47.4 Å². The van der Waals surface area contributed by atoms with Crippen LogP contribution in [0.5, 0.6) is 0 Å². The van der Waals surface area contributed by atoms with E-state index in [-0.39, 0.29) is 36.0 Å². The molecule has 0 fully saturated rings. The number of benzene rings is 2. The minimum atomic E-state index is -3.96. The van der Waals surface area contributed by atoms with Gasteiger partial charge in [-0.3, -0.25) is 14.9 Å². The predicted octanol–water partition coefficient (Wildman–Crippen LogP) is 1.68. The molecule has 10 heteroatoms. The van der Waals surface area contributed by atoms with Gasteiger partial charge in [-0.2, -0.15) is 0 Å². The zero-order chi connectivity index (χ0) is 20.0. The molecule has 0 atom stereocenters. The highest BCUT2D eigenvalue weighted by molar-refractivity contribution is 7.89. The lowest BCUT2D eigenvalue weighted by Crippen LogP contribution is -2.35. The Morgan fingerprint density at radius 1 is 1.19 bits per heavy atom. The lowest BCUT2D eigenvalue weighted by atomic mass is 10.1. The van der Waals surface area contributed by atoms with E-state index in [1.807, 2.05) is 0 Å². The van der Waals surface area contributed by atoms with Crippen LogP contribution in [0.1, 0.15) is 11.1 Å². The second-order valence-corrected chi connectivity index (χ2v) is 7.50. The van der Waals surface area contributed by atoms with Crippen molar-refractivity contribution in [3.63, 3.8) is 0 Å². The number of halogens is 1. The molecule has 2 N–H and O–H groups in total. The summed E-state index contributed by atoms with van der Waals surface area (Å²) in [6.45, 7) is 1.44. The first kappa shape index (κ1) is 20.5. The molecule has 27 heavy (non-hydrogen) atoms. The monoisotopic (exact) mass is 395 g/mol. The highest BCUT2D eigenvalue weighted by Gasteiger charge is 2.20.